The molecule has 0 fully saturated rings. The molecule has 5 heteroatoms. The lowest BCUT2D eigenvalue weighted by atomic mass is 9.93. The minimum Gasteiger partial charge on any atom is -0.311 e. The molecule has 0 amide bonds. The summed E-state index contributed by atoms with van der Waals surface area (Å²) in [5.74, 6) is -0.324. The van der Waals surface area contributed by atoms with Gasteiger partial charge >= 0.3 is 0 Å². The van der Waals surface area contributed by atoms with Gasteiger partial charge in [-0.1, -0.05) is 48.0 Å². The molecule has 0 bridgehead atoms. The number of nitrogens with zero attached hydrogens (tertiary/aromatic N) is 1. The molecule has 2 heterocycles. The van der Waals surface area contributed by atoms with Gasteiger partial charge in [0, 0.05) is 27.9 Å². The SMILES string of the molecule is Cn1c(=O)c(C(=O)/C=C/c2cccs2)c(-c2ccccc2)c2cc(Cl)ccc21. The van der Waals surface area contributed by atoms with Gasteiger partial charge in [-0.15, -0.1) is 11.3 Å². The topological polar surface area (TPSA) is 39.1 Å². The molecule has 0 radical (unpaired) electrons. The molecule has 0 saturated carbocycles. The molecule has 2 aromatic heterocycles. The lowest BCUT2D eigenvalue weighted by Gasteiger charge is -2.15. The van der Waals surface area contributed by atoms with Crippen LogP contribution in [0.15, 0.2) is 76.9 Å². The molecule has 2 aromatic carbocycles. The highest BCUT2D eigenvalue weighted by Gasteiger charge is 2.21. The Labute approximate surface area is 171 Å². The smallest absolute Gasteiger partial charge is 0.262 e. The van der Waals surface area contributed by atoms with Crippen LogP contribution in [0.1, 0.15) is 15.2 Å². The average molecular weight is 406 g/mol. The largest absolute Gasteiger partial charge is 0.311 e. The Balaban J connectivity index is 2.03. The second-order valence-electron chi connectivity index (χ2n) is 6.35. The predicted octanol–water partition coefficient (Wildman–Crippen LogP) is 5.82. The molecule has 0 saturated heterocycles. The molecule has 28 heavy (non-hydrogen) atoms. The van der Waals surface area contributed by atoms with E-state index >= 15 is 0 Å². The van der Waals surface area contributed by atoms with Crippen molar-refractivity contribution in [1.29, 1.82) is 0 Å². The molecular formula is C23H16ClNO2S. The molecule has 0 atom stereocenters. The monoisotopic (exact) mass is 405 g/mol. The van der Waals surface area contributed by atoms with Crippen molar-refractivity contribution in [3.05, 3.63) is 97.9 Å². The molecule has 0 spiro atoms. The average Bonchev–Trinajstić information content (AvgIpc) is 3.23. The van der Waals surface area contributed by atoms with E-state index in [4.69, 9.17) is 11.6 Å². The Morgan fingerprint density at radius 1 is 1.07 bits per heavy atom. The van der Waals surface area contributed by atoms with Crippen molar-refractivity contribution in [2.24, 2.45) is 7.05 Å². The van der Waals surface area contributed by atoms with E-state index in [1.165, 1.54) is 22.0 Å². The first kappa shape index (κ1) is 18.4. The molecule has 4 aromatic rings. The van der Waals surface area contributed by atoms with Crippen LogP contribution in [0.25, 0.3) is 28.1 Å². The van der Waals surface area contributed by atoms with E-state index < -0.39 is 0 Å². The van der Waals surface area contributed by atoms with Gasteiger partial charge in [0.15, 0.2) is 5.78 Å². The number of rotatable bonds is 4. The summed E-state index contributed by atoms with van der Waals surface area (Å²) in [4.78, 5) is 27.2. The molecule has 4 rings (SSSR count). The maximum Gasteiger partial charge on any atom is 0.262 e. The van der Waals surface area contributed by atoms with Crippen LogP contribution in [0.2, 0.25) is 5.02 Å². The first-order chi connectivity index (χ1) is 13.6. The van der Waals surface area contributed by atoms with Gasteiger partial charge in [-0.05, 0) is 47.4 Å². The van der Waals surface area contributed by atoms with Crippen LogP contribution in [-0.2, 0) is 7.05 Å². The molecule has 0 unspecified atom stereocenters. The molecule has 3 nitrogen and oxygen atoms in total. The Morgan fingerprint density at radius 3 is 2.57 bits per heavy atom. The van der Waals surface area contributed by atoms with E-state index in [1.807, 2.05) is 47.8 Å². The maximum atomic E-state index is 13.1. The number of fused-ring (bicyclic) bond motifs is 1. The third kappa shape index (κ3) is 3.33. The van der Waals surface area contributed by atoms with Crippen LogP contribution >= 0.6 is 22.9 Å². The summed E-state index contributed by atoms with van der Waals surface area (Å²) in [6, 6.07) is 18.7. The van der Waals surface area contributed by atoms with Crippen LogP contribution in [0.4, 0.5) is 0 Å². The number of allylic oxidation sites excluding steroid dienone is 1. The fraction of sp³-hybridized carbons (Fsp3) is 0.0435. The van der Waals surface area contributed by atoms with Crippen molar-refractivity contribution >= 4 is 45.7 Å². The lowest BCUT2D eigenvalue weighted by molar-refractivity contribution is 0.104. The number of aryl methyl sites for hydroxylation is 1. The first-order valence-corrected chi connectivity index (χ1v) is 9.95. The minimum atomic E-state index is -0.325. The zero-order valence-electron chi connectivity index (χ0n) is 15.1. The second-order valence-corrected chi connectivity index (χ2v) is 7.77. The van der Waals surface area contributed by atoms with Crippen LogP contribution in [0, 0.1) is 0 Å². The number of benzene rings is 2. The number of hydrogen-bond donors (Lipinski definition) is 0. The highest BCUT2D eigenvalue weighted by atomic mass is 35.5. The number of carbonyl (C=O) groups excluding carboxylic acids is 1. The van der Waals surface area contributed by atoms with Crippen molar-refractivity contribution in [1.82, 2.24) is 4.57 Å². The van der Waals surface area contributed by atoms with Gasteiger partial charge in [0.25, 0.3) is 5.56 Å². The van der Waals surface area contributed by atoms with E-state index in [0.717, 1.165) is 21.3 Å². The predicted molar refractivity (Wildman–Crippen MR) is 117 cm³/mol. The summed E-state index contributed by atoms with van der Waals surface area (Å²) in [7, 11) is 1.67. The molecule has 138 valence electrons. The quantitative estimate of drug-likeness (QED) is 0.317. The van der Waals surface area contributed by atoms with E-state index in [2.05, 4.69) is 0 Å². The lowest BCUT2D eigenvalue weighted by Crippen LogP contribution is -2.25. The highest BCUT2D eigenvalue weighted by molar-refractivity contribution is 7.10. The third-order valence-corrected chi connectivity index (χ3v) is 5.68. The third-order valence-electron chi connectivity index (χ3n) is 4.61. The summed E-state index contributed by atoms with van der Waals surface area (Å²) in [6.45, 7) is 0. The van der Waals surface area contributed by atoms with Gasteiger partial charge in [0.1, 0.15) is 0 Å². The summed E-state index contributed by atoms with van der Waals surface area (Å²) < 4.78 is 1.50. The molecular weight excluding hydrogens is 390 g/mol. The number of aromatic nitrogens is 1. The van der Waals surface area contributed by atoms with E-state index in [0.29, 0.717) is 10.6 Å². The fourth-order valence-corrected chi connectivity index (χ4v) is 4.07. The first-order valence-electron chi connectivity index (χ1n) is 8.70. The summed E-state index contributed by atoms with van der Waals surface area (Å²) in [5.41, 5.74) is 1.97. The zero-order chi connectivity index (χ0) is 19.7. The van der Waals surface area contributed by atoms with E-state index in [9.17, 15) is 9.59 Å². The highest BCUT2D eigenvalue weighted by Crippen LogP contribution is 2.32. The molecule has 0 aliphatic carbocycles. The number of thiophene rings is 1. The number of ketones is 1. The van der Waals surface area contributed by atoms with Crippen molar-refractivity contribution in [2.75, 3.05) is 0 Å². The van der Waals surface area contributed by atoms with Crippen LogP contribution < -0.4 is 5.56 Å². The van der Waals surface area contributed by atoms with Gasteiger partial charge in [0.05, 0.1) is 11.1 Å². The van der Waals surface area contributed by atoms with Gasteiger partial charge in [-0.3, -0.25) is 9.59 Å². The number of halogens is 1. The molecule has 0 aliphatic rings. The summed E-state index contributed by atoms with van der Waals surface area (Å²) >= 11 is 7.78. The molecule has 0 N–H and O–H groups in total. The van der Waals surface area contributed by atoms with Crippen molar-refractivity contribution in [3.63, 3.8) is 0 Å². The standard InChI is InChI=1S/C23H16ClNO2S/c1-25-19-11-9-16(24)14-18(19)21(15-6-3-2-4-7-15)22(23(25)27)20(26)12-10-17-8-5-13-28-17/h2-14H,1H3/b12-10+. The van der Waals surface area contributed by atoms with Crippen molar-refractivity contribution in [3.8, 4) is 11.1 Å². The van der Waals surface area contributed by atoms with Crippen molar-refractivity contribution in [2.45, 2.75) is 0 Å². The van der Waals surface area contributed by atoms with Gasteiger partial charge in [-0.2, -0.15) is 0 Å². The normalized spacial score (nSPS) is 11.4. The fourth-order valence-electron chi connectivity index (χ4n) is 3.28. The van der Waals surface area contributed by atoms with E-state index in [-0.39, 0.29) is 16.9 Å². The Bertz CT molecular complexity index is 1260. The maximum absolute atomic E-state index is 13.1. The number of carbonyl (C=O) groups is 1. The summed E-state index contributed by atoms with van der Waals surface area (Å²) in [5, 5.41) is 3.26. The molecule has 0 aliphatic heterocycles. The summed E-state index contributed by atoms with van der Waals surface area (Å²) in [6.07, 6.45) is 3.20. The minimum absolute atomic E-state index is 0.149. The van der Waals surface area contributed by atoms with Crippen molar-refractivity contribution < 1.29 is 4.79 Å². The van der Waals surface area contributed by atoms with Gasteiger partial charge < -0.3 is 4.57 Å². The number of hydrogen-bond acceptors (Lipinski definition) is 3. The van der Waals surface area contributed by atoms with Crippen LogP contribution in [0.3, 0.4) is 0 Å². The van der Waals surface area contributed by atoms with Gasteiger partial charge in [0.2, 0.25) is 0 Å². The van der Waals surface area contributed by atoms with Crippen LogP contribution in [0.5, 0.6) is 0 Å². The Morgan fingerprint density at radius 2 is 1.86 bits per heavy atom. The van der Waals surface area contributed by atoms with E-state index in [1.54, 1.807) is 31.3 Å². The zero-order valence-corrected chi connectivity index (χ0v) is 16.6. The Hall–Kier alpha value is -2.95. The van der Waals surface area contributed by atoms with Gasteiger partial charge in [-0.25, -0.2) is 0 Å². The Kier molecular flexibility index (Phi) is 4.99. The van der Waals surface area contributed by atoms with Crippen LogP contribution in [-0.4, -0.2) is 10.4 Å². The second kappa shape index (κ2) is 7.58. The number of pyridine rings is 1.